The molecule has 0 saturated carbocycles. The standard InChI is InChI=1S/C18H22N4O2/c1-13-17(6-8-20-21-13)18(23)19-11-14-7-9-22(12-14)15-4-3-5-16(10-15)24-2/h3-6,8,10,14H,7,9,11-12H2,1-2H3,(H,19,23). The van der Waals surface area contributed by atoms with Gasteiger partial charge in [0.2, 0.25) is 0 Å². The van der Waals surface area contributed by atoms with Gasteiger partial charge in [-0.2, -0.15) is 10.2 Å². The van der Waals surface area contributed by atoms with E-state index in [1.54, 1.807) is 26.3 Å². The third-order valence-corrected chi connectivity index (χ3v) is 4.41. The summed E-state index contributed by atoms with van der Waals surface area (Å²) in [6.07, 6.45) is 2.60. The number of anilines is 1. The van der Waals surface area contributed by atoms with E-state index in [9.17, 15) is 4.79 Å². The Balaban J connectivity index is 1.55. The van der Waals surface area contributed by atoms with Gasteiger partial charge in [0.15, 0.2) is 0 Å². The molecule has 126 valence electrons. The average Bonchev–Trinajstić information content (AvgIpc) is 3.09. The number of ether oxygens (including phenoxy) is 1. The van der Waals surface area contributed by atoms with E-state index in [4.69, 9.17) is 4.74 Å². The normalized spacial score (nSPS) is 16.9. The SMILES string of the molecule is COc1cccc(N2CCC(CNC(=O)c3ccnnc3C)C2)c1. The molecule has 6 heteroatoms. The molecule has 0 spiro atoms. The van der Waals surface area contributed by atoms with E-state index in [1.807, 2.05) is 18.2 Å². The lowest BCUT2D eigenvalue weighted by Gasteiger charge is -2.19. The second-order valence-corrected chi connectivity index (χ2v) is 6.04. The number of nitrogens with zero attached hydrogens (tertiary/aromatic N) is 3. The van der Waals surface area contributed by atoms with Crippen LogP contribution in [0.2, 0.25) is 0 Å². The molecule has 1 saturated heterocycles. The van der Waals surface area contributed by atoms with Crippen LogP contribution in [0.1, 0.15) is 22.5 Å². The summed E-state index contributed by atoms with van der Waals surface area (Å²) < 4.78 is 5.29. The van der Waals surface area contributed by atoms with Crippen molar-refractivity contribution in [2.45, 2.75) is 13.3 Å². The smallest absolute Gasteiger partial charge is 0.253 e. The molecule has 1 N–H and O–H groups in total. The number of carbonyl (C=O) groups excluding carboxylic acids is 1. The van der Waals surface area contributed by atoms with Gasteiger partial charge in [-0.25, -0.2) is 0 Å². The van der Waals surface area contributed by atoms with Gasteiger partial charge in [0.05, 0.1) is 24.6 Å². The van der Waals surface area contributed by atoms with E-state index in [1.165, 1.54) is 0 Å². The third kappa shape index (κ3) is 3.64. The first-order chi connectivity index (χ1) is 11.7. The van der Waals surface area contributed by atoms with Crippen LogP contribution in [-0.4, -0.2) is 42.8 Å². The minimum Gasteiger partial charge on any atom is -0.497 e. The Morgan fingerprint density at radius 2 is 2.29 bits per heavy atom. The molecule has 1 aromatic carbocycles. The lowest BCUT2D eigenvalue weighted by molar-refractivity contribution is 0.0947. The zero-order valence-electron chi connectivity index (χ0n) is 14.0. The molecule has 1 fully saturated rings. The number of hydrogen-bond acceptors (Lipinski definition) is 5. The van der Waals surface area contributed by atoms with Crippen molar-refractivity contribution in [1.82, 2.24) is 15.5 Å². The summed E-state index contributed by atoms with van der Waals surface area (Å²) in [5.74, 6) is 1.22. The number of aryl methyl sites for hydroxylation is 1. The Hall–Kier alpha value is -2.63. The van der Waals surface area contributed by atoms with Crippen LogP contribution in [-0.2, 0) is 0 Å². The van der Waals surface area contributed by atoms with Crippen LogP contribution in [0.25, 0.3) is 0 Å². The fraction of sp³-hybridized carbons (Fsp3) is 0.389. The molecule has 1 atom stereocenters. The van der Waals surface area contributed by atoms with Crippen molar-refractivity contribution in [3.63, 3.8) is 0 Å². The number of nitrogens with one attached hydrogen (secondary N) is 1. The van der Waals surface area contributed by atoms with E-state index >= 15 is 0 Å². The highest BCUT2D eigenvalue weighted by Gasteiger charge is 2.23. The number of methoxy groups -OCH3 is 1. The molecule has 1 aliphatic rings. The molecular formula is C18H22N4O2. The highest BCUT2D eigenvalue weighted by Crippen LogP contribution is 2.26. The van der Waals surface area contributed by atoms with Gasteiger partial charge in [0.25, 0.3) is 5.91 Å². The van der Waals surface area contributed by atoms with E-state index in [0.717, 1.165) is 30.9 Å². The maximum atomic E-state index is 12.2. The van der Waals surface area contributed by atoms with Gasteiger partial charge in [0, 0.05) is 31.4 Å². The first-order valence-corrected chi connectivity index (χ1v) is 8.13. The maximum absolute atomic E-state index is 12.2. The predicted octanol–water partition coefficient (Wildman–Crippen LogP) is 2.05. The Bertz CT molecular complexity index is 720. The van der Waals surface area contributed by atoms with Gasteiger partial charge >= 0.3 is 0 Å². The topological polar surface area (TPSA) is 67.3 Å². The Kier molecular flexibility index (Phi) is 4.93. The summed E-state index contributed by atoms with van der Waals surface area (Å²) in [6, 6.07) is 9.79. The third-order valence-electron chi connectivity index (χ3n) is 4.41. The number of aromatic nitrogens is 2. The zero-order chi connectivity index (χ0) is 16.9. The monoisotopic (exact) mass is 326 g/mol. The molecule has 2 heterocycles. The molecule has 3 rings (SSSR count). The molecule has 24 heavy (non-hydrogen) atoms. The van der Waals surface area contributed by atoms with Crippen molar-refractivity contribution >= 4 is 11.6 Å². The Morgan fingerprint density at radius 1 is 1.42 bits per heavy atom. The molecule has 0 radical (unpaired) electrons. The molecule has 1 amide bonds. The van der Waals surface area contributed by atoms with Crippen LogP contribution in [0.5, 0.6) is 5.75 Å². The number of rotatable bonds is 5. The van der Waals surface area contributed by atoms with Crippen LogP contribution < -0.4 is 15.0 Å². The second kappa shape index (κ2) is 7.29. The summed E-state index contributed by atoms with van der Waals surface area (Å²) in [4.78, 5) is 14.6. The van der Waals surface area contributed by atoms with Crippen LogP contribution in [0.15, 0.2) is 36.5 Å². The number of hydrogen-bond donors (Lipinski definition) is 1. The minimum absolute atomic E-state index is 0.0813. The molecular weight excluding hydrogens is 304 g/mol. The fourth-order valence-electron chi connectivity index (χ4n) is 3.02. The molecule has 0 bridgehead atoms. The van der Waals surface area contributed by atoms with Gasteiger partial charge in [-0.3, -0.25) is 4.79 Å². The minimum atomic E-state index is -0.0813. The van der Waals surface area contributed by atoms with Crippen molar-refractivity contribution in [3.8, 4) is 5.75 Å². The molecule has 1 unspecified atom stereocenters. The first-order valence-electron chi connectivity index (χ1n) is 8.13. The van der Waals surface area contributed by atoms with Gasteiger partial charge in [-0.05, 0) is 37.5 Å². The number of benzene rings is 1. The predicted molar refractivity (Wildman–Crippen MR) is 92.4 cm³/mol. The first kappa shape index (κ1) is 16.2. The van der Waals surface area contributed by atoms with E-state index in [2.05, 4.69) is 26.5 Å². The quantitative estimate of drug-likeness (QED) is 0.911. The van der Waals surface area contributed by atoms with Crippen molar-refractivity contribution in [3.05, 3.63) is 47.8 Å². The summed E-state index contributed by atoms with van der Waals surface area (Å²) in [5, 5.41) is 10.7. The lowest BCUT2D eigenvalue weighted by Crippen LogP contribution is -2.31. The van der Waals surface area contributed by atoms with E-state index in [-0.39, 0.29) is 5.91 Å². The van der Waals surface area contributed by atoms with Crippen LogP contribution >= 0.6 is 0 Å². The summed E-state index contributed by atoms with van der Waals surface area (Å²) in [6.45, 7) is 4.38. The number of carbonyl (C=O) groups is 1. The van der Waals surface area contributed by atoms with E-state index < -0.39 is 0 Å². The van der Waals surface area contributed by atoms with Crippen LogP contribution in [0, 0.1) is 12.8 Å². The van der Waals surface area contributed by atoms with Crippen molar-refractivity contribution in [1.29, 1.82) is 0 Å². The molecule has 0 aliphatic carbocycles. The molecule has 1 aliphatic heterocycles. The van der Waals surface area contributed by atoms with Crippen LogP contribution in [0.3, 0.4) is 0 Å². The van der Waals surface area contributed by atoms with Gasteiger partial charge in [-0.1, -0.05) is 6.07 Å². The maximum Gasteiger partial charge on any atom is 0.253 e. The van der Waals surface area contributed by atoms with Crippen molar-refractivity contribution < 1.29 is 9.53 Å². The summed E-state index contributed by atoms with van der Waals surface area (Å²) >= 11 is 0. The largest absolute Gasteiger partial charge is 0.497 e. The molecule has 1 aromatic heterocycles. The highest BCUT2D eigenvalue weighted by atomic mass is 16.5. The lowest BCUT2D eigenvalue weighted by atomic mass is 10.1. The van der Waals surface area contributed by atoms with Crippen molar-refractivity contribution in [2.24, 2.45) is 5.92 Å². The number of amides is 1. The Labute approximate surface area is 141 Å². The van der Waals surface area contributed by atoms with Gasteiger partial charge < -0.3 is 15.0 Å². The van der Waals surface area contributed by atoms with E-state index in [0.29, 0.717) is 23.7 Å². The van der Waals surface area contributed by atoms with Gasteiger partial charge in [-0.15, -0.1) is 0 Å². The molecule has 2 aromatic rings. The Morgan fingerprint density at radius 3 is 3.08 bits per heavy atom. The highest BCUT2D eigenvalue weighted by molar-refractivity contribution is 5.95. The average molecular weight is 326 g/mol. The zero-order valence-corrected chi connectivity index (χ0v) is 14.0. The second-order valence-electron chi connectivity index (χ2n) is 6.04. The summed E-state index contributed by atoms with van der Waals surface area (Å²) in [5.41, 5.74) is 2.41. The molecule has 6 nitrogen and oxygen atoms in total. The summed E-state index contributed by atoms with van der Waals surface area (Å²) in [7, 11) is 1.68. The van der Waals surface area contributed by atoms with Gasteiger partial charge in [0.1, 0.15) is 5.75 Å². The van der Waals surface area contributed by atoms with Crippen molar-refractivity contribution in [2.75, 3.05) is 31.6 Å². The van der Waals surface area contributed by atoms with Crippen LogP contribution in [0.4, 0.5) is 5.69 Å². The fourth-order valence-corrected chi connectivity index (χ4v) is 3.02.